The molecule has 0 aromatic heterocycles. The Balaban J connectivity index is 2.44. The van der Waals surface area contributed by atoms with Gasteiger partial charge in [0.05, 0.1) is 4.83 Å². The van der Waals surface area contributed by atoms with E-state index >= 15 is 0 Å². The van der Waals surface area contributed by atoms with Crippen LogP contribution in [-0.4, -0.2) is 12.5 Å². The zero-order chi connectivity index (χ0) is 12.8. The third-order valence-corrected chi connectivity index (χ3v) is 3.88. The number of alkyl halides is 1. The highest BCUT2D eigenvalue weighted by Crippen LogP contribution is 2.21. The molecule has 0 radical (unpaired) electrons. The predicted octanol–water partition coefficient (Wildman–Crippen LogP) is 3.53. The van der Waals surface area contributed by atoms with Crippen LogP contribution in [0.5, 0.6) is 0 Å². The Labute approximate surface area is 112 Å². The minimum Gasteiger partial charge on any atom is -0.354 e. The van der Waals surface area contributed by atoms with Gasteiger partial charge in [0.1, 0.15) is 0 Å². The minimum atomic E-state index is 0.0606. The monoisotopic (exact) mass is 297 g/mol. The van der Waals surface area contributed by atoms with Crippen LogP contribution in [0.4, 0.5) is 0 Å². The molecule has 1 rings (SSSR count). The van der Waals surface area contributed by atoms with E-state index in [0.717, 1.165) is 0 Å². The molecule has 0 heterocycles. The summed E-state index contributed by atoms with van der Waals surface area (Å²) in [5.41, 5.74) is 1.19. The van der Waals surface area contributed by atoms with Crippen LogP contribution in [0.2, 0.25) is 0 Å². The summed E-state index contributed by atoms with van der Waals surface area (Å²) < 4.78 is 0. The van der Waals surface area contributed by atoms with Gasteiger partial charge in [0.2, 0.25) is 5.91 Å². The van der Waals surface area contributed by atoms with E-state index in [0.29, 0.717) is 12.5 Å². The zero-order valence-electron chi connectivity index (χ0n) is 10.6. The summed E-state index contributed by atoms with van der Waals surface area (Å²) in [5, 5.41) is 2.98. The number of benzene rings is 1. The van der Waals surface area contributed by atoms with Crippen LogP contribution < -0.4 is 5.32 Å². The second kappa shape index (κ2) is 6.80. The summed E-state index contributed by atoms with van der Waals surface area (Å²) in [5.74, 6) is 0.561. The Morgan fingerprint density at radius 3 is 2.35 bits per heavy atom. The lowest BCUT2D eigenvalue weighted by Crippen LogP contribution is -2.33. The Kier molecular flexibility index (Phi) is 5.69. The van der Waals surface area contributed by atoms with Crippen LogP contribution >= 0.6 is 15.9 Å². The molecular formula is C14H20BrNO. The highest BCUT2D eigenvalue weighted by Gasteiger charge is 2.17. The van der Waals surface area contributed by atoms with Crippen molar-refractivity contribution in [3.05, 3.63) is 35.9 Å². The molecule has 1 aromatic rings. The maximum Gasteiger partial charge on any atom is 0.223 e. The van der Waals surface area contributed by atoms with Gasteiger partial charge in [0.15, 0.2) is 0 Å². The molecule has 1 aromatic carbocycles. The van der Waals surface area contributed by atoms with Crippen molar-refractivity contribution < 1.29 is 4.79 Å². The second-order valence-corrected chi connectivity index (χ2v) is 5.76. The number of hydrogen-bond donors (Lipinski definition) is 1. The average molecular weight is 298 g/mol. The molecule has 2 nitrogen and oxygen atoms in total. The molecule has 0 aliphatic heterocycles. The van der Waals surface area contributed by atoms with Gasteiger partial charge in [-0.2, -0.15) is 0 Å². The van der Waals surface area contributed by atoms with Gasteiger partial charge in [-0.1, -0.05) is 67.0 Å². The van der Waals surface area contributed by atoms with E-state index in [4.69, 9.17) is 0 Å². The molecule has 94 valence electrons. The van der Waals surface area contributed by atoms with Crippen LogP contribution in [0.3, 0.4) is 0 Å². The van der Waals surface area contributed by atoms with Crippen LogP contribution in [0.1, 0.15) is 31.2 Å². The van der Waals surface area contributed by atoms with E-state index in [2.05, 4.69) is 47.2 Å². The van der Waals surface area contributed by atoms with Crippen LogP contribution in [0.25, 0.3) is 0 Å². The Bertz CT molecular complexity index is 350. The molecular weight excluding hydrogens is 278 g/mol. The van der Waals surface area contributed by atoms with Crippen molar-refractivity contribution in [2.45, 2.75) is 25.6 Å². The van der Waals surface area contributed by atoms with E-state index in [1.807, 2.05) is 25.1 Å². The van der Waals surface area contributed by atoms with Gasteiger partial charge >= 0.3 is 0 Å². The smallest absolute Gasteiger partial charge is 0.223 e. The SMILES string of the molecule is CC(C)C(C)C(=O)NCC(Br)c1ccccc1. The fraction of sp³-hybridized carbons (Fsp3) is 0.500. The zero-order valence-corrected chi connectivity index (χ0v) is 12.2. The highest BCUT2D eigenvalue weighted by atomic mass is 79.9. The van der Waals surface area contributed by atoms with Crippen molar-refractivity contribution in [3.8, 4) is 0 Å². The maximum absolute atomic E-state index is 11.8. The summed E-state index contributed by atoms with van der Waals surface area (Å²) in [6.45, 7) is 6.71. The van der Waals surface area contributed by atoms with E-state index in [1.54, 1.807) is 0 Å². The van der Waals surface area contributed by atoms with E-state index in [1.165, 1.54) is 5.56 Å². The molecule has 0 saturated carbocycles. The molecule has 0 saturated heterocycles. The average Bonchev–Trinajstić information content (AvgIpc) is 2.35. The van der Waals surface area contributed by atoms with Crippen LogP contribution in [-0.2, 0) is 4.79 Å². The molecule has 2 atom stereocenters. The van der Waals surface area contributed by atoms with Crippen molar-refractivity contribution in [2.24, 2.45) is 11.8 Å². The summed E-state index contributed by atoms with van der Waals surface area (Å²) >= 11 is 3.59. The van der Waals surface area contributed by atoms with Crippen LogP contribution in [0.15, 0.2) is 30.3 Å². The summed E-state index contributed by atoms with van der Waals surface area (Å²) in [6, 6.07) is 10.1. The lowest BCUT2D eigenvalue weighted by atomic mass is 9.97. The minimum absolute atomic E-state index is 0.0606. The van der Waals surface area contributed by atoms with E-state index < -0.39 is 0 Å². The highest BCUT2D eigenvalue weighted by molar-refractivity contribution is 9.09. The fourth-order valence-electron chi connectivity index (χ4n) is 1.43. The first-order valence-corrected chi connectivity index (χ1v) is 6.90. The second-order valence-electron chi connectivity index (χ2n) is 4.66. The molecule has 17 heavy (non-hydrogen) atoms. The van der Waals surface area contributed by atoms with Gasteiger partial charge in [-0.3, -0.25) is 4.79 Å². The topological polar surface area (TPSA) is 29.1 Å². The number of rotatable bonds is 5. The molecule has 0 aliphatic carbocycles. The number of amides is 1. The first kappa shape index (κ1) is 14.2. The molecule has 3 heteroatoms. The number of carbonyl (C=O) groups is 1. The summed E-state index contributed by atoms with van der Waals surface area (Å²) in [6.07, 6.45) is 0. The normalized spacial score (nSPS) is 14.4. The largest absolute Gasteiger partial charge is 0.354 e. The van der Waals surface area contributed by atoms with Crippen molar-refractivity contribution in [1.29, 1.82) is 0 Å². The number of nitrogens with one attached hydrogen (secondary N) is 1. The van der Waals surface area contributed by atoms with Gasteiger partial charge in [-0.05, 0) is 11.5 Å². The fourth-order valence-corrected chi connectivity index (χ4v) is 1.90. The van der Waals surface area contributed by atoms with Gasteiger partial charge in [-0.15, -0.1) is 0 Å². The van der Waals surface area contributed by atoms with E-state index in [9.17, 15) is 4.79 Å². The molecule has 0 spiro atoms. The molecule has 1 N–H and O–H groups in total. The quantitative estimate of drug-likeness (QED) is 0.828. The standard InChI is InChI=1S/C14H20BrNO/c1-10(2)11(3)14(17)16-9-13(15)12-7-5-4-6-8-12/h4-8,10-11,13H,9H2,1-3H3,(H,16,17). The van der Waals surface area contributed by atoms with Gasteiger partial charge < -0.3 is 5.32 Å². The molecule has 1 amide bonds. The summed E-state index contributed by atoms with van der Waals surface area (Å²) in [4.78, 5) is 12.0. The molecule has 0 aliphatic rings. The van der Waals surface area contributed by atoms with Crippen molar-refractivity contribution in [3.63, 3.8) is 0 Å². The third kappa shape index (κ3) is 4.50. The molecule has 2 unspecified atom stereocenters. The number of halogens is 1. The number of carbonyl (C=O) groups excluding carboxylic acids is 1. The first-order chi connectivity index (χ1) is 8.02. The summed E-state index contributed by atoms with van der Waals surface area (Å²) in [7, 11) is 0. The Morgan fingerprint density at radius 2 is 1.82 bits per heavy atom. The van der Waals surface area contributed by atoms with Gasteiger partial charge in [0, 0.05) is 12.5 Å². The van der Waals surface area contributed by atoms with Crippen molar-refractivity contribution >= 4 is 21.8 Å². The lowest BCUT2D eigenvalue weighted by Gasteiger charge is -2.17. The van der Waals surface area contributed by atoms with Gasteiger partial charge in [0.25, 0.3) is 0 Å². The van der Waals surface area contributed by atoms with Crippen molar-refractivity contribution in [1.82, 2.24) is 5.32 Å². The lowest BCUT2D eigenvalue weighted by molar-refractivity contribution is -0.125. The van der Waals surface area contributed by atoms with Crippen molar-refractivity contribution in [2.75, 3.05) is 6.54 Å². The Hall–Kier alpha value is -0.830. The first-order valence-electron chi connectivity index (χ1n) is 5.99. The predicted molar refractivity (Wildman–Crippen MR) is 75.1 cm³/mol. The van der Waals surface area contributed by atoms with E-state index in [-0.39, 0.29) is 16.7 Å². The van der Waals surface area contributed by atoms with Gasteiger partial charge in [-0.25, -0.2) is 0 Å². The third-order valence-electron chi connectivity index (χ3n) is 3.03. The van der Waals surface area contributed by atoms with Crippen LogP contribution in [0, 0.1) is 11.8 Å². The Morgan fingerprint density at radius 1 is 1.24 bits per heavy atom. The molecule has 0 fully saturated rings. The molecule has 0 bridgehead atoms. The maximum atomic E-state index is 11.8. The number of hydrogen-bond acceptors (Lipinski definition) is 1.